The lowest BCUT2D eigenvalue weighted by atomic mass is 10.2. The summed E-state index contributed by atoms with van der Waals surface area (Å²) >= 11 is 11.9. The zero-order chi connectivity index (χ0) is 19.4. The van der Waals surface area contributed by atoms with Gasteiger partial charge in [-0.15, -0.1) is 0 Å². The van der Waals surface area contributed by atoms with E-state index in [4.69, 9.17) is 32.7 Å². The SMILES string of the molecule is O=C(COC(=O)CN1C(=O)COc2ccccc21)Nc1cccc(Cl)c1Cl. The standard InChI is InChI=1S/C18H14Cl2N2O5/c19-11-4-3-5-12(18(11)20)21-15(23)9-27-17(25)8-22-13-6-1-2-7-14(13)26-10-16(22)24/h1-7H,8-10H2,(H,21,23). The Morgan fingerprint density at radius 1 is 1.15 bits per heavy atom. The van der Waals surface area contributed by atoms with Crippen molar-refractivity contribution in [1.82, 2.24) is 0 Å². The van der Waals surface area contributed by atoms with Crippen LogP contribution in [0.25, 0.3) is 0 Å². The van der Waals surface area contributed by atoms with Crippen molar-refractivity contribution in [3.05, 3.63) is 52.5 Å². The van der Waals surface area contributed by atoms with Crippen LogP contribution in [0, 0.1) is 0 Å². The van der Waals surface area contributed by atoms with E-state index in [0.29, 0.717) is 17.1 Å². The van der Waals surface area contributed by atoms with Crippen LogP contribution >= 0.6 is 23.2 Å². The number of hydrogen-bond acceptors (Lipinski definition) is 5. The van der Waals surface area contributed by atoms with Crippen molar-refractivity contribution in [2.45, 2.75) is 0 Å². The van der Waals surface area contributed by atoms with Gasteiger partial charge in [0.25, 0.3) is 11.8 Å². The molecule has 1 aliphatic heterocycles. The molecule has 0 saturated heterocycles. The number of ether oxygens (including phenoxy) is 2. The summed E-state index contributed by atoms with van der Waals surface area (Å²) in [6, 6.07) is 11.6. The molecule has 0 aliphatic carbocycles. The Morgan fingerprint density at radius 2 is 1.93 bits per heavy atom. The van der Waals surface area contributed by atoms with Crippen LogP contribution in [0.1, 0.15) is 0 Å². The molecule has 2 aromatic rings. The van der Waals surface area contributed by atoms with Crippen LogP contribution in [0.5, 0.6) is 5.75 Å². The average Bonchev–Trinajstić information content (AvgIpc) is 2.66. The first-order valence-electron chi connectivity index (χ1n) is 7.87. The van der Waals surface area contributed by atoms with Crippen LogP contribution < -0.4 is 15.0 Å². The fraction of sp³-hybridized carbons (Fsp3) is 0.167. The molecular formula is C18H14Cl2N2O5. The molecule has 2 aromatic carbocycles. The van der Waals surface area contributed by atoms with E-state index < -0.39 is 18.5 Å². The molecule has 0 bridgehead atoms. The second-order valence-corrected chi connectivity index (χ2v) is 6.33. The molecule has 1 aliphatic rings. The summed E-state index contributed by atoms with van der Waals surface area (Å²) in [5.41, 5.74) is 0.781. The molecule has 0 saturated carbocycles. The number of nitrogens with one attached hydrogen (secondary N) is 1. The van der Waals surface area contributed by atoms with Gasteiger partial charge in [0.2, 0.25) is 0 Å². The van der Waals surface area contributed by atoms with Crippen molar-refractivity contribution in [3.63, 3.8) is 0 Å². The molecule has 0 atom stereocenters. The Bertz CT molecular complexity index is 903. The van der Waals surface area contributed by atoms with Crippen LogP contribution in [-0.4, -0.2) is 37.5 Å². The van der Waals surface area contributed by atoms with Crippen molar-refractivity contribution < 1.29 is 23.9 Å². The van der Waals surface area contributed by atoms with Gasteiger partial charge in [-0.05, 0) is 24.3 Å². The fourth-order valence-corrected chi connectivity index (χ4v) is 2.78. The minimum Gasteiger partial charge on any atom is -0.482 e. The van der Waals surface area contributed by atoms with Crippen LogP contribution in [0.2, 0.25) is 10.0 Å². The summed E-state index contributed by atoms with van der Waals surface area (Å²) in [7, 11) is 0. The van der Waals surface area contributed by atoms with E-state index in [9.17, 15) is 14.4 Å². The van der Waals surface area contributed by atoms with Gasteiger partial charge in [0.15, 0.2) is 13.2 Å². The van der Waals surface area contributed by atoms with E-state index >= 15 is 0 Å². The zero-order valence-electron chi connectivity index (χ0n) is 13.9. The van der Waals surface area contributed by atoms with Crippen molar-refractivity contribution in [2.24, 2.45) is 0 Å². The van der Waals surface area contributed by atoms with Gasteiger partial charge in [-0.3, -0.25) is 19.3 Å². The fourth-order valence-electron chi connectivity index (χ4n) is 2.43. The molecule has 0 spiro atoms. The molecule has 2 amide bonds. The molecule has 140 valence electrons. The number of halogens is 2. The van der Waals surface area contributed by atoms with Crippen molar-refractivity contribution in [2.75, 3.05) is 30.0 Å². The predicted molar refractivity (Wildman–Crippen MR) is 100 cm³/mol. The van der Waals surface area contributed by atoms with Gasteiger partial charge >= 0.3 is 5.97 Å². The number of rotatable bonds is 5. The Kier molecular flexibility index (Phi) is 5.83. The number of anilines is 2. The molecule has 9 heteroatoms. The molecule has 7 nitrogen and oxygen atoms in total. The highest BCUT2D eigenvalue weighted by atomic mass is 35.5. The third-order valence-corrected chi connectivity index (χ3v) is 4.50. The number of hydrogen-bond donors (Lipinski definition) is 1. The van der Waals surface area contributed by atoms with Gasteiger partial charge in [0.1, 0.15) is 12.3 Å². The summed E-state index contributed by atoms with van der Waals surface area (Å²) in [6.07, 6.45) is 0. The summed E-state index contributed by atoms with van der Waals surface area (Å²) < 4.78 is 10.3. The van der Waals surface area contributed by atoms with E-state index in [1.54, 1.807) is 42.5 Å². The van der Waals surface area contributed by atoms with Crippen LogP contribution in [0.15, 0.2) is 42.5 Å². The van der Waals surface area contributed by atoms with Crippen molar-refractivity contribution >= 4 is 52.4 Å². The number of carbonyl (C=O) groups excluding carboxylic acids is 3. The van der Waals surface area contributed by atoms with Crippen LogP contribution in [0.4, 0.5) is 11.4 Å². The van der Waals surface area contributed by atoms with Gasteiger partial charge in [-0.2, -0.15) is 0 Å². The lowest BCUT2D eigenvalue weighted by molar-refractivity contribution is -0.146. The normalized spacial score (nSPS) is 12.8. The number of fused-ring (bicyclic) bond motifs is 1. The molecule has 0 radical (unpaired) electrons. The average molecular weight is 409 g/mol. The van der Waals surface area contributed by atoms with E-state index in [-0.39, 0.29) is 29.1 Å². The van der Waals surface area contributed by atoms with Crippen LogP contribution in [0.3, 0.4) is 0 Å². The highest BCUT2D eigenvalue weighted by molar-refractivity contribution is 6.44. The molecule has 1 heterocycles. The van der Waals surface area contributed by atoms with Gasteiger partial charge in [0.05, 0.1) is 21.4 Å². The number of esters is 1. The molecule has 0 fully saturated rings. The predicted octanol–water partition coefficient (Wildman–Crippen LogP) is 2.90. The topological polar surface area (TPSA) is 84.9 Å². The quantitative estimate of drug-likeness (QED) is 0.768. The first-order valence-corrected chi connectivity index (χ1v) is 8.63. The minimum atomic E-state index is -0.729. The monoisotopic (exact) mass is 408 g/mol. The largest absolute Gasteiger partial charge is 0.482 e. The number of benzene rings is 2. The number of carbonyl (C=O) groups is 3. The third kappa shape index (κ3) is 4.50. The maximum atomic E-state index is 12.1. The number of para-hydroxylation sites is 2. The summed E-state index contributed by atoms with van der Waals surface area (Å²) in [5, 5.41) is 2.98. The highest BCUT2D eigenvalue weighted by Crippen LogP contribution is 2.31. The first-order chi connectivity index (χ1) is 13.0. The maximum absolute atomic E-state index is 12.1. The Morgan fingerprint density at radius 3 is 2.74 bits per heavy atom. The lowest BCUT2D eigenvalue weighted by Crippen LogP contribution is -2.42. The van der Waals surface area contributed by atoms with Crippen molar-refractivity contribution in [3.8, 4) is 5.75 Å². The van der Waals surface area contributed by atoms with Gasteiger partial charge in [0, 0.05) is 0 Å². The van der Waals surface area contributed by atoms with E-state index in [1.807, 2.05) is 0 Å². The third-order valence-electron chi connectivity index (χ3n) is 3.69. The maximum Gasteiger partial charge on any atom is 0.326 e. The Hall–Kier alpha value is -2.77. The minimum absolute atomic E-state index is 0.169. The second-order valence-electron chi connectivity index (χ2n) is 5.55. The lowest BCUT2D eigenvalue weighted by Gasteiger charge is -2.28. The summed E-state index contributed by atoms with van der Waals surface area (Å²) in [5.74, 6) is -1.19. The van der Waals surface area contributed by atoms with Gasteiger partial charge < -0.3 is 14.8 Å². The van der Waals surface area contributed by atoms with E-state index in [1.165, 1.54) is 4.90 Å². The second kappa shape index (κ2) is 8.28. The number of amides is 2. The molecule has 27 heavy (non-hydrogen) atoms. The number of nitrogens with zero attached hydrogens (tertiary/aromatic N) is 1. The molecule has 1 N–H and O–H groups in total. The van der Waals surface area contributed by atoms with E-state index in [0.717, 1.165) is 0 Å². The van der Waals surface area contributed by atoms with Gasteiger partial charge in [-0.25, -0.2) is 0 Å². The van der Waals surface area contributed by atoms with Gasteiger partial charge in [-0.1, -0.05) is 41.4 Å². The van der Waals surface area contributed by atoms with Crippen molar-refractivity contribution in [1.29, 1.82) is 0 Å². The molecule has 3 rings (SSSR count). The highest BCUT2D eigenvalue weighted by Gasteiger charge is 2.27. The smallest absolute Gasteiger partial charge is 0.326 e. The van der Waals surface area contributed by atoms with Crippen LogP contribution in [-0.2, 0) is 19.1 Å². The Labute approximate surface area is 164 Å². The summed E-state index contributed by atoms with van der Waals surface area (Å²) in [4.78, 5) is 37.3. The molecule has 0 aromatic heterocycles. The first kappa shape index (κ1) is 19.0. The Balaban J connectivity index is 1.56. The zero-order valence-corrected chi connectivity index (χ0v) is 15.4. The van der Waals surface area contributed by atoms with E-state index in [2.05, 4.69) is 5.32 Å². The molecule has 0 unspecified atom stereocenters. The summed E-state index contributed by atoms with van der Waals surface area (Å²) in [6.45, 7) is -1.02. The molecular weight excluding hydrogens is 395 g/mol.